The number of aliphatic hydroxyl groups is 1. The molecule has 1 aromatic rings. The van der Waals surface area contributed by atoms with Crippen LogP contribution in [0.4, 0.5) is 0 Å². The fourth-order valence-corrected chi connectivity index (χ4v) is 2.36. The van der Waals surface area contributed by atoms with Crippen molar-refractivity contribution in [2.75, 3.05) is 13.2 Å². The second kappa shape index (κ2) is 6.02. The average molecular weight is 219 g/mol. The molecule has 0 saturated carbocycles. The molecule has 0 aliphatic carbocycles. The van der Waals surface area contributed by atoms with Crippen LogP contribution >= 0.6 is 0 Å². The van der Waals surface area contributed by atoms with Crippen LogP contribution in [0.15, 0.2) is 24.3 Å². The Bertz CT molecular complexity index is 299. The SMILES string of the molecule is OCCCCCCN1Cc2ccccc2C1. The molecule has 88 valence electrons. The molecular formula is C14H21NO. The molecule has 1 aliphatic rings. The minimum Gasteiger partial charge on any atom is -0.396 e. The topological polar surface area (TPSA) is 23.5 Å². The number of unbranched alkanes of at least 4 members (excludes halogenated alkanes) is 3. The van der Waals surface area contributed by atoms with E-state index in [-0.39, 0.29) is 0 Å². The third-order valence-electron chi connectivity index (χ3n) is 3.29. The predicted octanol–water partition coefficient (Wildman–Crippen LogP) is 2.55. The Morgan fingerprint density at radius 1 is 0.938 bits per heavy atom. The summed E-state index contributed by atoms with van der Waals surface area (Å²) in [5, 5.41) is 8.69. The molecule has 0 atom stereocenters. The predicted molar refractivity (Wildman–Crippen MR) is 66.1 cm³/mol. The summed E-state index contributed by atoms with van der Waals surface area (Å²) in [6, 6.07) is 8.73. The van der Waals surface area contributed by atoms with E-state index >= 15 is 0 Å². The number of fused-ring (bicyclic) bond motifs is 1. The zero-order valence-electron chi connectivity index (χ0n) is 9.86. The molecule has 1 aromatic carbocycles. The zero-order chi connectivity index (χ0) is 11.2. The fraction of sp³-hybridized carbons (Fsp3) is 0.571. The van der Waals surface area contributed by atoms with E-state index in [1.54, 1.807) is 0 Å². The molecule has 2 rings (SSSR count). The summed E-state index contributed by atoms with van der Waals surface area (Å²) in [4.78, 5) is 2.52. The van der Waals surface area contributed by atoms with Gasteiger partial charge in [0.05, 0.1) is 0 Å². The van der Waals surface area contributed by atoms with Crippen LogP contribution in [0, 0.1) is 0 Å². The Kier molecular flexibility index (Phi) is 4.37. The van der Waals surface area contributed by atoms with Gasteiger partial charge in [-0.15, -0.1) is 0 Å². The Morgan fingerprint density at radius 3 is 2.19 bits per heavy atom. The largest absolute Gasteiger partial charge is 0.396 e. The van der Waals surface area contributed by atoms with Crippen LogP contribution in [0.3, 0.4) is 0 Å². The van der Waals surface area contributed by atoms with E-state index in [0.717, 1.165) is 25.9 Å². The van der Waals surface area contributed by atoms with Crippen molar-refractivity contribution in [1.82, 2.24) is 4.90 Å². The summed E-state index contributed by atoms with van der Waals surface area (Å²) in [5.41, 5.74) is 3.00. The maximum absolute atomic E-state index is 8.69. The molecule has 2 nitrogen and oxygen atoms in total. The standard InChI is InChI=1S/C14H21NO/c16-10-6-2-1-5-9-15-11-13-7-3-4-8-14(13)12-15/h3-4,7-8,16H,1-2,5-6,9-12H2. The van der Waals surface area contributed by atoms with Gasteiger partial charge >= 0.3 is 0 Å². The van der Waals surface area contributed by atoms with Crippen LogP contribution in [0.2, 0.25) is 0 Å². The normalized spacial score (nSPS) is 15.3. The van der Waals surface area contributed by atoms with Gasteiger partial charge in [0.1, 0.15) is 0 Å². The second-order valence-electron chi connectivity index (χ2n) is 4.62. The van der Waals surface area contributed by atoms with Gasteiger partial charge in [0.25, 0.3) is 0 Å². The lowest BCUT2D eigenvalue weighted by molar-refractivity contribution is 0.265. The number of rotatable bonds is 6. The molecule has 1 N–H and O–H groups in total. The van der Waals surface area contributed by atoms with Gasteiger partial charge in [-0.05, 0) is 30.5 Å². The highest BCUT2D eigenvalue weighted by atomic mass is 16.2. The third kappa shape index (κ3) is 3.06. The van der Waals surface area contributed by atoms with E-state index in [4.69, 9.17) is 5.11 Å². The first-order valence-corrected chi connectivity index (χ1v) is 6.30. The highest BCUT2D eigenvalue weighted by Crippen LogP contribution is 2.22. The van der Waals surface area contributed by atoms with Gasteiger partial charge < -0.3 is 5.11 Å². The Labute approximate surface area is 97.9 Å². The molecule has 0 radical (unpaired) electrons. The maximum atomic E-state index is 8.69. The molecule has 2 heteroatoms. The van der Waals surface area contributed by atoms with Crippen molar-refractivity contribution in [1.29, 1.82) is 0 Å². The third-order valence-corrected chi connectivity index (χ3v) is 3.29. The van der Waals surface area contributed by atoms with Crippen molar-refractivity contribution < 1.29 is 5.11 Å². The molecule has 1 heterocycles. The van der Waals surface area contributed by atoms with Crippen LogP contribution in [0.1, 0.15) is 36.8 Å². The van der Waals surface area contributed by atoms with Gasteiger partial charge in [-0.2, -0.15) is 0 Å². The minimum absolute atomic E-state index is 0.342. The van der Waals surface area contributed by atoms with Crippen molar-refractivity contribution in [3.63, 3.8) is 0 Å². The molecule has 0 aromatic heterocycles. The number of nitrogens with zero attached hydrogens (tertiary/aromatic N) is 1. The number of hydrogen-bond donors (Lipinski definition) is 1. The van der Waals surface area contributed by atoms with Crippen molar-refractivity contribution in [3.05, 3.63) is 35.4 Å². The van der Waals surface area contributed by atoms with Crippen molar-refractivity contribution in [2.24, 2.45) is 0 Å². The van der Waals surface area contributed by atoms with E-state index < -0.39 is 0 Å². The van der Waals surface area contributed by atoms with Crippen molar-refractivity contribution in [2.45, 2.75) is 38.8 Å². The molecule has 0 unspecified atom stereocenters. The van der Waals surface area contributed by atoms with Crippen LogP contribution in [0.25, 0.3) is 0 Å². The van der Waals surface area contributed by atoms with Crippen LogP contribution < -0.4 is 0 Å². The van der Waals surface area contributed by atoms with E-state index in [0.29, 0.717) is 6.61 Å². The Morgan fingerprint density at radius 2 is 1.56 bits per heavy atom. The van der Waals surface area contributed by atoms with Gasteiger partial charge in [0.15, 0.2) is 0 Å². The number of hydrogen-bond acceptors (Lipinski definition) is 2. The molecule has 0 amide bonds. The van der Waals surface area contributed by atoms with E-state index in [1.165, 1.54) is 30.5 Å². The number of benzene rings is 1. The summed E-state index contributed by atoms with van der Waals surface area (Å²) in [7, 11) is 0. The molecular weight excluding hydrogens is 198 g/mol. The average Bonchev–Trinajstić information content (AvgIpc) is 2.71. The first-order chi connectivity index (χ1) is 7.90. The minimum atomic E-state index is 0.342. The van der Waals surface area contributed by atoms with Crippen LogP contribution in [-0.2, 0) is 13.1 Å². The van der Waals surface area contributed by atoms with E-state index in [9.17, 15) is 0 Å². The lowest BCUT2D eigenvalue weighted by atomic mass is 10.1. The Balaban J connectivity index is 1.67. The van der Waals surface area contributed by atoms with Crippen LogP contribution in [-0.4, -0.2) is 23.2 Å². The molecule has 16 heavy (non-hydrogen) atoms. The lowest BCUT2D eigenvalue weighted by Crippen LogP contribution is -2.17. The molecule has 0 saturated heterocycles. The lowest BCUT2D eigenvalue weighted by Gasteiger charge is -2.14. The maximum Gasteiger partial charge on any atom is 0.0431 e. The monoisotopic (exact) mass is 219 g/mol. The number of aliphatic hydroxyl groups excluding tert-OH is 1. The summed E-state index contributed by atoms with van der Waals surface area (Å²) in [6.45, 7) is 3.78. The first kappa shape index (κ1) is 11.6. The second-order valence-corrected chi connectivity index (χ2v) is 4.62. The van der Waals surface area contributed by atoms with Crippen molar-refractivity contribution in [3.8, 4) is 0 Å². The molecule has 0 spiro atoms. The summed E-state index contributed by atoms with van der Waals surface area (Å²) < 4.78 is 0. The summed E-state index contributed by atoms with van der Waals surface area (Å²) >= 11 is 0. The van der Waals surface area contributed by atoms with Crippen LogP contribution in [0.5, 0.6) is 0 Å². The van der Waals surface area contributed by atoms with E-state index in [2.05, 4.69) is 29.2 Å². The molecule has 1 aliphatic heterocycles. The van der Waals surface area contributed by atoms with Gasteiger partial charge in [0, 0.05) is 19.7 Å². The van der Waals surface area contributed by atoms with Gasteiger partial charge in [0.2, 0.25) is 0 Å². The highest BCUT2D eigenvalue weighted by Gasteiger charge is 2.16. The van der Waals surface area contributed by atoms with Gasteiger partial charge in [-0.25, -0.2) is 0 Å². The van der Waals surface area contributed by atoms with Gasteiger partial charge in [-0.3, -0.25) is 4.90 Å². The van der Waals surface area contributed by atoms with Crippen molar-refractivity contribution >= 4 is 0 Å². The van der Waals surface area contributed by atoms with E-state index in [1.807, 2.05) is 0 Å². The quantitative estimate of drug-likeness (QED) is 0.743. The molecule has 0 fully saturated rings. The fourth-order valence-electron chi connectivity index (χ4n) is 2.36. The van der Waals surface area contributed by atoms with Gasteiger partial charge in [-0.1, -0.05) is 37.1 Å². The Hall–Kier alpha value is -0.860. The molecule has 0 bridgehead atoms. The first-order valence-electron chi connectivity index (χ1n) is 6.30. The summed E-state index contributed by atoms with van der Waals surface area (Å²) in [5.74, 6) is 0. The zero-order valence-corrected chi connectivity index (χ0v) is 9.86. The summed E-state index contributed by atoms with van der Waals surface area (Å²) in [6.07, 6.45) is 4.62. The highest BCUT2D eigenvalue weighted by molar-refractivity contribution is 5.30. The smallest absolute Gasteiger partial charge is 0.0431 e.